The summed E-state index contributed by atoms with van der Waals surface area (Å²) in [5.41, 5.74) is 4.43. The van der Waals surface area contributed by atoms with Crippen LogP contribution < -0.4 is 10.6 Å². The number of anilines is 2. The van der Waals surface area contributed by atoms with E-state index in [2.05, 4.69) is 58.9 Å². The molecule has 28 heavy (non-hydrogen) atoms. The third-order valence-corrected chi connectivity index (χ3v) is 5.18. The number of hydrogen-bond acceptors (Lipinski definition) is 5. The fourth-order valence-electron chi connectivity index (χ4n) is 2.67. The quantitative estimate of drug-likeness (QED) is 0.544. The van der Waals surface area contributed by atoms with Crippen molar-refractivity contribution in [3.05, 3.63) is 77.4 Å². The Morgan fingerprint density at radius 1 is 1.00 bits per heavy atom. The summed E-state index contributed by atoms with van der Waals surface area (Å²) < 4.78 is 0. The van der Waals surface area contributed by atoms with Gasteiger partial charge in [-0.05, 0) is 42.7 Å². The van der Waals surface area contributed by atoms with E-state index >= 15 is 0 Å². The zero-order valence-electron chi connectivity index (χ0n) is 16.1. The SMILES string of the molecule is CCc1ccccc1NC(=O)CSc1ccc(NCc2ccc(C)cc2)nn1. The fraction of sp³-hybridized carbons (Fsp3) is 0.227. The maximum atomic E-state index is 12.2. The Bertz CT molecular complexity index is 911. The lowest BCUT2D eigenvalue weighted by molar-refractivity contribution is -0.113. The molecule has 0 aliphatic heterocycles. The molecule has 2 aromatic carbocycles. The maximum absolute atomic E-state index is 12.2. The average Bonchev–Trinajstić information content (AvgIpc) is 2.73. The zero-order valence-corrected chi connectivity index (χ0v) is 16.9. The van der Waals surface area contributed by atoms with Gasteiger partial charge < -0.3 is 10.6 Å². The van der Waals surface area contributed by atoms with Crippen molar-refractivity contribution < 1.29 is 4.79 Å². The molecular weight excluding hydrogens is 368 g/mol. The molecule has 3 rings (SSSR count). The van der Waals surface area contributed by atoms with Crippen LogP contribution in [0.1, 0.15) is 23.6 Å². The van der Waals surface area contributed by atoms with E-state index in [9.17, 15) is 4.79 Å². The minimum Gasteiger partial charge on any atom is -0.365 e. The van der Waals surface area contributed by atoms with Crippen LogP contribution in [0.5, 0.6) is 0 Å². The number of carbonyl (C=O) groups excluding carboxylic acids is 1. The normalized spacial score (nSPS) is 10.5. The maximum Gasteiger partial charge on any atom is 0.234 e. The van der Waals surface area contributed by atoms with Gasteiger partial charge in [0.1, 0.15) is 10.8 Å². The van der Waals surface area contributed by atoms with Crippen molar-refractivity contribution in [2.45, 2.75) is 31.8 Å². The molecule has 144 valence electrons. The standard InChI is InChI=1S/C22H24N4OS/c1-3-18-6-4-5-7-19(18)24-21(27)15-28-22-13-12-20(25-26-22)23-14-17-10-8-16(2)9-11-17/h4-13H,3,14-15H2,1-2H3,(H,23,25)(H,24,27). The molecule has 6 heteroatoms. The highest BCUT2D eigenvalue weighted by Crippen LogP contribution is 2.19. The predicted molar refractivity (Wildman–Crippen MR) is 116 cm³/mol. The summed E-state index contributed by atoms with van der Waals surface area (Å²) in [7, 11) is 0. The van der Waals surface area contributed by atoms with Crippen molar-refractivity contribution in [1.29, 1.82) is 0 Å². The third kappa shape index (κ3) is 5.82. The predicted octanol–water partition coefficient (Wildman–Crippen LogP) is 4.69. The molecule has 0 aliphatic carbocycles. The molecule has 0 unspecified atom stereocenters. The smallest absolute Gasteiger partial charge is 0.234 e. The monoisotopic (exact) mass is 392 g/mol. The largest absolute Gasteiger partial charge is 0.365 e. The number of thioether (sulfide) groups is 1. The first-order chi connectivity index (χ1) is 13.6. The first-order valence-corrected chi connectivity index (χ1v) is 10.3. The summed E-state index contributed by atoms with van der Waals surface area (Å²) >= 11 is 1.37. The number of aromatic nitrogens is 2. The second kappa shape index (κ2) is 9.90. The van der Waals surface area contributed by atoms with Crippen LogP contribution in [-0.4, -0.2) is 21.9 Å². The molecule has 0 radical (unpaired) electrons. The Hall–Kier alpha value is -2.86. The van der Waals surface area contributed by atoms with Crippen LogP contribution in [0.15, 0.2) is 65.7 Å². The Morgan fingerprint density at radius 2 is 1.79 bits per heavy atom. The Labute approximate surface area is 170 Å². The first-order valence-electron chi connectivity index (χ1n) is 9.27. The van der Waals surface area contributed by atoms with Crippen LogP contribution in [0.2, 0.25) is 0 Å². The molecule has 1 heterocycles. The number of hydrogen-bond donors (Lipinski definition) is 2. The number of para-hydroxylation sites is 1. The first kappa shape index (κ1) is 19.9. The minimum absolute atomic E-state index is 0.0470. The van der Waals surface area contributed by atoms with Gasteiger partial charge in [-0.25, -0.2) is 0 Å². The van der Waals surface area contributed by atoms with E-state index in [4.69, 9.17) is 0 Å². The second-order valence-corrected chi connectivity index (χ2v) is 7.44. The molecule has 1 aromatic heterocycles. The molecule has 0 fully saturated rings. The lowest BCUT2D eigenvalue weighted by Crippen LogP contribution is -2.15. The van der Waals surface area contributed by atoms with Crippen molar-refractivity contribution in [3.63, 3.8) is 0 Å². The molecule has 1 amide bonds. The average molecular weight is 393 g/mol. The number of carbonyl (C=O) groups is 1. The van der Waals surface area contributed by atoms with Crippen LogP contribution in [0.4, 0.5) is 11.5 Å². The lowest BCUT2D eigenvalue weighted by Gasteiger charge is -2.09. The molecular formula is C22H24N4OS. The molecule has 0 saturated heterocycles. The number of aryl methyl sites for hydroxylation is 2. The fourth-order valence-corrected chi connectivity index (χ4v) is 3.28. The van der Waals surface area contributed by atoms with Crippen LogP contribution in [-0.2, 0) is 17.8 Å². The summed E-state index contributed by atoms with van der Waals surface area (Å²) in [6.45, 7) is 4.84. The topological polar surface area (TPSA) is 66.9 Å². The van der Waals surface area contributed by atoms with Gasteiger partial charge in [0, 0.05) is 12.2 Å². The van der Waals surface area contributed by atoms with E-state index in [-0.39, 0.29) is 5.91 Å². The zero-order chi connectivity index (χ0) is 19.8. The van der Waals surface area contributed by atoms with Gasteiger partial charge in [0.2, 0.25) is 5.91 Å². The minimum atomic E-state index is -0.0470. The van der Waals surface area contributed by atoms with Gasteiger partial charge in [-0.3, -0.25) is 4.79 Å². The second-order valence-electron chi connectivity index (χ2n) is 6.44. The van der Waals surface area contributed by atoms with E-state index in [0.29, 0.717) is 18.1 Å². The van der Waals surface area contributed by atoms with Gasteiger partial charge in [-0.1, -0.05) is 66.7 Å². The van der Waals surface area contributed by atoms with E-state index < -0.39 is 0 Å². The number of benzene rings is 2. The van der Waals surface area contributed by atoms with Gasteiger partial charge in [0.15, 0.2) is 0 Å². The van der Waals surface area contributed by atoms with Crippen LogP contribution >= 0.6 is 11.8 Å². The van der Waals surface area contributed by atoms with Gasteiger partial charge in [0.05, 0.1) is 5.75 Å². The summed E-state index contributed by atoms with van der Waals surface area (Å²) in [5, 5.41) is 15.3. The highest BCUT2D eigenvalue weighted by Gasteiger charge is 2.07. The van der Waals surface area contributed by atoms with E-state index in [0.717, 1.165) is 22.7 Å². The Kier molecular flexibility index (Phi) is 7.03. The van der Waals surface area contributed by atoms with Gasteiger partial charge >= 0.3 is 0 Å². The molecule has 5 nitrogen and oxygen atoms in total. The van der Waals surface area contributed by atoms with Crippen molar-refractivity contribution in [3.8, 4) is 0 Å². The van der Waals surface area contributed by atoms with Crippen LogP contribution in [0.25, 0.3) is 0 Å². The Balaban J connectivity index is 1.47. The van der Waals surface area contributed by atoms with E-state index in [1.54, 1.807) is 0 Å². The number of amides is 1. The van der Waals surface area contributed by atoms with Crippen molar-refractivity contribution in [2.75, 3.05) is 16.4 Å². The van der Waals surface area contributed by atoms with Crippen LogP contribution in [0, 0.1) is 6.92 Å². The van der Waals surface area contributed by atoms with Gasteiger partial charge in [-0.15, -0.1) is 10.2 Å². The summed E-state index contributed by atoms with van der Waals surface area (Å²) in [6.07, 6.45) is 0.881. The van der Waals surface area contributed by atoms with E-state index in [1.807, 2.05) is 36.4 Å². The molecule has 2 N–H and O–H groups in total. The van der Waals surface area contributed by atoms with Gasteiger partial charge in [-0.2, -0.15) is 0 Å². The lowest BCUT2D eigenvalue weighted by atomic mass is 10.1. The van der Waals surface area contributed by atoms with Crippen molar-refractivity contribution in [2.24, 2.45) is 0 Å². The molecule has 0 spiro atoms. The molecule has 0 atom stereocenters. The van der Waals surface area contributed by atoms with Crippen molar-refractivity contribution >= 4 is 29.2 Å². The highest BCUT2D eigenvalue weighted by atomic mass is 32.2. The molecule has 0 aliphatic rings. The van der Waals surface area contributed by atoms with E-state index in [1.165, 1.54) is 22.9 Å². The Morgan fingerprint density at radius 3 is 2.50 bits per heavy atom. The molecule has 0 bridgehead atoms. The van der Waals surface area contributed by atoms with Crippen LogP contribution in [0.3, 0.4) is 0 Å². The number of nitrogens with zero attached hydrogens (tertiary/aromatic N) is 2. The highest BCUT2D eigenvalue weighted by molar-refractivity contribution is 7.99. The summed E-state index contributed by atoms with van der Waals surface area (Å²) in [5.74, 6) is 0.962. The third-order valence-electron chi connectivity index (χ3n) is 4.26. The van der Waals surface area contributed by atoms with Gasteiger partial charge in [0.25, 0.3) is 0 Å². The summed E-state index contributed by atoms with van der Waals surface area (Å²) in [4.78, 5) is 12.2. The van der Waals surface area contributed by atoms with Crippen molar-refractivity contribution in [1.82, 2.24) is 10.2 Å². The molecule has 3 aromatic rings. The summed E-state index contributed by atoms with van der Waals surface area (Å²) in [6, 6.07) is 20.0. The number of rotatable bonds is 8. The molecule has 0 saturated carbocycles. The number of nitrogens with one attached hydrogen (secondary N) is 2.